The average molecular weight is 641 g/mol. The van der Waals surface area contributed by atoms with Gasteiger partial charge < -0.3 is 20.0 Å². The fraction of sp³-hybridized carbons (Fsp3) is 0.238. The van der Waals surface area contributed by atoms with E-state index in [2.05, 4.69) is 38.1 Å². The molecule has 0 aliphatic carbocycles. The molecule has 0 heterocycles. The summed E-state index contributed by atoms with van der Waals surface area (Å²) in [5.41, 5.74) is 7.17. The van der Waals surface area contributed by atoms with Crippen LogP contribution in [0.4, 0.5) is 11.4 Å². The third-order valence-corrected chi connectivity index (χ3v) is 8.98. The molecule has 0 saturated heterocycles. The molecular formula is C42H44N2O4. The molecule has 0 aromatic heterocycles. The van der Waals surface area contributed by atoms with Gasteiger partial charge in [0.2, 0.25) is 0 Å². The normalized spacial score (nSPS) is 12.2. The number of carbonyl (C=O) groups excluding carboxylic acids is 2. The van der Waals surface area contributed by atoms with Crippen molar-refractivity contribution in [3.8, 4) is 11.5 Å². The third kappa shape index (κ3) is 8.13. The Morgan fingerprint density at radius 3 is 1.23 bits per heavy atom. The van der Waals surface area contributed by atoms with Gasteiger partial charge in [0.1, 0.15) is 11.5 Å². The minimum absolute atomic E-state index is 0.160. The van der Waals surface area contributed by atoms with Crippen LogP contribution in [0.5, 0.6) is 11.5 Å². The predicted octanol–water partition coefficient (Wildman–Crippen LogP) is 9.12. The number of hydrogen-bond donors (Lipinski definition) is 2. The Morgan fingerprint density at radius 1 is 0.542 bits per heavy atom. The largest absolute Gasteiger partial charge is 0.508 e. The fourth-order valence-electron chi connectivity index (χ4n) is 6.16. The number of nitrogens with zero attached hydrogens (tertiary/aromatic N) is 2. The number of phenols is 2. The first-order valence-electron chi connectivity index (χ1n) is 16.7. The third-order valence-electron chi connectivity index (χ3n) is 8.98. The highest BCUT2D eigenvalue weighted by Gasteiger charge is 2.21. The van der Waals surface area contributed by atoms with Crippen LogP contribution in [0.3, 0.4) is 0 Å². The molecule has 0 spiro atoms. The number of amides is 2. The number of anilines is 2. The summed E-state index contributed by atoms with van der Waals surface area (Å²) in [4.78, 5) is 31.0. The van der Waals surface area contributed by atoms with Crippen molar-refractivity contribution in [2.24, 2.45) is 0 Å². The standard InChI is InChI=1S/C42H44N2O4/c1-5-43(37-18-10-31(11-19-37)26-29(3)33-14-22-39(45)23-15-33)41(47)35-8-7-9-36(28-35)42(48)44(6-2)38-20-12-32(13-21-38)27-30(4)34-16-24-40(46)25-17-34/h7-25,28-30,45-46H,5-6,26-27H2,1-4H3. The van der Waals surface area contributed by atoms with Crippen molar-refractivity contribution in [3.63, 3.8) is 0 Å². The molecule has 2 N–H and O–H groups in total. The monoisotopic (exact) mass is 640 g/mol. The van der Waals surface area contributed by atoms with Gasteiger partial charge in [-0.05, 0) is 128 Å². The summed E-state index contributed by atoms with van der Waals surface area (Å²) in [6, 6.07) is 37.7. The lowest BCUT2D eigenvalue weighted by atomic mass is 9.93. The van der Waals surface area contributed by atoms with E-state index in [4.69, 9.17) is 0 Å². The molecule has 0 radical (unpaired) electrons. The highest BCUT2D eigenvalue weighted by Crippen LogP contribution is 2.27. The lowest BCUT2D eigenvalue weighted by Gasteiger charge is -2.24. The second-order valence-corrected chi connectivity index (χ2v) is 12.4. The molecule has 2 unspecified atom stereocenters. The molecule has 2 amide bonds. The second kappa shape index (κ2) is 15.5. The topological polar surface area (TPSA) is 81.1 Å². The van der Waals surface area contributed by atoms with Crippen LogP contribution in [0.15, 0.2) is 121 Å². The number of rotatable bonds is 12. The van der Waals surface area contributed by atoms with Crippen LogP contribution in [-0.2, 0) is 12.8 Å². The van der Waals surface area contributed by atoms with Crippen LogP contribution in [-0.4, -0.2) is 35.1 Å². The molecule has 5 aromatic carbocycles. The van der Waals surface area contributed by atoms with Crippen LogP contribution >= 0.6 is 0 Å². The lowest BCUT2D eigenvalue weighted by molar-refractivity contribution is 0.0987. The van der Waals surface area contributed by atoms with E-state index in [1.807, 2.05) is 62.4 Å². The zero-order valence-corrected chi connectivity index (χ0v) is 28.1. The Kier molecular flexibility index (Phi) is 11.0. The highest BCUT2D eigenvalue weighted by molar-refractivity contribution is 6.10. The maximum absolute atomic E-state index is 13.7. The predicted molar refractivity (Wildman–Crippen MR) is 194 cm³/mol. The van der Waals surface area contributed by atoms with Gasteiger partial charge in [0.25, 0.3) is 11.8 Å². The summed E-state index contributed by atoms with van der Waals surface area (Å²) >= 11 is 0. The molecule has 0 saturated carbocycles. The van der Waals surface area contributed by atoms with Crippen LogP contribution in [0.25, 0.3) is 0 Å². The van der Waals surface area contributed by atoms with Crippen LogP contribution in [0.2, 0.25) is 0 Å². The molecule has 246 valence electrons. The number of aromatic hydroxyl groups is 2. The smallest absolute Gasteiger partial charge is 0.258 e. The van der Waals surface area contributed by atoms with E-state index in [1.165, 1.54) is 0 Å². The molecule has 0 bridgehead atoms. The number of benzene rings is 5. The highest BCUT2D eigenvalue weighted by atomic mass is 16.3. The van der Waals surface area contributed by atoms with Crippen molar-refractivity contribution < 1.29 is 19.8 Å². The average Bonchev–Trinajstić information content (AvgIpc) is 3.10. The first-order valence-corrected chi connectivity index (χ1v) is 16.7. The summed E-state index contributed by atoms with van der Waals surface area (Å²) in [6.45, 7) is 9.18. The van der Waals surface area contributed by atoms with Crippen LogP contribution < -0.4 is 9.80 Å². The van der Waals surface area contributed by atoms with Crippen molar-refractivity contribution in [2.75, 3.05) is 22.9 Å². The molecule has 2 atom stereocenters. The van der Waals surface area contributed by atoms with E-state index in [0.29, 0.717) is 24.2 Å². The molecule has 6 nitrogen and oxygen atoms in total. The number of phenolic OH excluding ortho intramolecular Hbond substituents is 2. The molecule has 5 aromatic rings. The Bertz CT molecular complexity index is 1680. The van der Waals surface area contributed by atoms with Crippen molar-refractivity contribution in [1.82, 2.24) is 0 Å². The minimum Gasteiger partial charge on any atom is -0.508 e. The molecule has 0 fully saturated rings. The van der Waals surface area contributed by atoms with Gasteiger partial charge in [0, 0.05) is 35.6 Å². The van der Waals surface area contributed by atoms with Crippen molar-refractivity contribution in [2.45, 2.75) is 52.4 Å². The zero-order valence-electron chi connectivity index (χ0n) is 28.1. The summed E-state index contributed by atoms with van der Waals surface area (Å²) in [7, 11) is 0. The van der Waals surface area contributed by atoms with Gasteiger partial charge >= 0.3 is 0 Å². The van der Waals surface area contributed by atoms with Gasteiger partial charge in [-0.25, -0.2) is 0 Å². The Morgan fingerprint density at radius 2 is 0.896 bits per heavy atom. The van der Waals surface area contributed by atoms with E-state index in [0.717, 1.165) is 46.5 Å². The van der Waals surface area contributed by atoms with Gasteiger partial charge in [-0.1, -0.05) is 68.4 Å². The Labute approximate surface area is 283 Å². The lowest BCUT2D eigenvalue weighted by Crippen LogP contribution is -2.32. The van der Waals surface area contributed by atoms with Gasteiger partial charge in [0.15, 0.2) is 0 Å². The van der Waals surface area contributed by atoms with Crippen molar-refractivity contribution in [1.29, 1.82) is 0 Å². The van der Waals surface area contributed by atoms with E-state index < -0.39 is 0 Å². The van der Waals surface area contributed by atoms with Gasteiger partial charge in [-0.2, -0.15) is 0 Å². The molecule has 0 aliphatic rings. The van der Waals surface area contributed by atoms with Crippen LogP contribution in [0, 0.1) is 0 Å². The zero-order chi connectivity index (χ0) is 34.2. The summed E-state index contributed by atoms with van der Waals surface area (Å²) in [5.74, 6) is 0.760. The van der Waals surface area contributed by atoms with Crippen molar-refractivity contribution in [3.05, 3.63) is 155 Å². The first-order chi connectivity index (χ1) is 23.2. The SMILES string of the molecule is CCN(C(=O)c1cccc(C(=O)N(CC)c2ccc(CC(C)c3ccc(O)cc3)cc2)c1)c1ccc(CC(C)c2ccc(O)cc2)cc1. The summed E-state index contributed by atoms with van der Waals surface area (Å²) in [5, 5.41) is 19.2. The van der Waals surface area contributed by atoms with Crippen molar-refractivity contribution >= 4 is 23.2 Å². The van der Waals surface area contributed by atoms with Gasteiger partial charge in [-0.15, -0.1) is 0 Å². The van der Waals surface area contributed by atoms with E-state index in [1.54, 1.807) is 58.3 Å². The Hall–Kier alpha value is -5.36. The molecule has 0 aliphatic heterocycles. The molecule has 5 rings (SSSR count). The molecular weight excluding hydrogens is 596 g/mol. The number of carbonyl (C=O) groups is 2. The van der Waals surface area contributed by atoms with Crippen LogP contribution in [0.1, 0.15) is 82.5 Å². The van der Waals surface area contributed by atoms with E-state index in [9.17, 15) is 19.8 Å². The summed E-state index contributed by atoms with van der Waals surface area (Å²) in [6.07, 6.45) is 1.68. The van der Waals surface area contributed by atoms with Gasteiger partial charge in [-0.3, -0.25) is 9.59 Å². The number of hydrogen-bond acceptors (Lipinski definition) is 4. The minimum atomic E-state index is -0.160. The Balaban J connectivity index is 1.25. The first kappa shape index (κ1) is 34.0. The molecule has 6 heteroatoms. The molecule has 48 heavy (non-hydrogen) atoms. The maximum Gasteiger partial charge on any atom is 0.258 e. The second-order valence-electron chi connectivity index (χ2n) is 12.4. The van der Waals surface area contributed by atoms with E-state index >= 15 is 0 Å². The van der Waals surface area contributed by atoms with Gasteiger partial charge in [0.05, 0.1) is 0 Å². The maximum atomic E-state index is 13.7. The quantitative estimate of drug-likeness (QED) is 0.143. The fourth-order valence-corrected chi connectivity index (χ4v) is 6.16. The van der Waals surface area contributed by atoms with E-state index in [-0.39, 0.29) is 35.1 Å². The summed E-state index contributed by atoms with van der Waals surface area (Å²) < 4.78 is 0.